The summed E-state index contributed by atoms with van der Waals surface area (Å²) >= 11 is 0. The van der Waals surface area contributed by atoms with Crippen LogP contribution in [0.15, 0.2) is 23.3 Å². The molecule has 0 radical (unpaired) electrons. The van der Waals surface area contributed by atoms with Crippen molar-refractivity contribution >= 4 is 6.01 Å². The van der Waals surface area contributed by atoms with E-state index in [2.05, 4.69) is 30.7 Å². The molecule has 1 heterocycles. The van der Waals surface area contributed by atoms with Gasteiger partial charge >= 0.3 is 0 Å². The van der Waals surface area contributed by atoms with Crippen LogP contribution >= 0.6 is 0 Å². The van der Waals surface area contributed by atoms with Crippen molar-refractivity contribution in [3.63, 3.8) is 0 Å². The van der Waals surface area contributed by atoms with Gasteiger partial charge in [-0.25, -0.2) is 0 Å². The van der Waals surface area contributed by atoms with E-state index in [0.29, 0.717) is 11.9 Å². The number of aromatic nitrogens is 1. The minimum Gasteiger partial charge on any atom is -0.432 e. The number of anilines is 1. The predicted molar refractivity (Wildman–Crippen MR) is 75.7 cm³/mol. The summed E-state index contributed by atoms with van der Waals surface area (Å²) in [6, 6.07) is 0.695. The van der Waals surface area contributed by atoms with E-state index in [0.717, 1.165) is 38.2 Å². The Kier molecular flexibility index (Phi) is 6.50. The molecule has 0 bridgehead atoms. The third kappa shape index (κ3) is 5.36. The maximum absolute atomic E-state index is 5.46. The second kappa shape index (κ2) is 7.93. The first-order valence-corrected chi connectivity index (χ1v) is 6.60. The second-order valence-electron chi connectivity index (χ2n) is 5.00. The molecule has 1 aromatic heterocycles. The van der Waals surface area contributed by atoms with Crippen LogP contribution < -0.4 is 10.2 Å². The van der Waals surface area contributed by atoms with Gasteiger partial charge in [0.2, 0.25) is 0 Å². The summed E-state index contributed by atoms with van der Waals surface area (Å²) in [6.07, 6.45) is 5.76. The van der Waals surface area contributed by atoms with Crippen LogP contribution in [0.3, 0.4) is 0 Å². The highest BCUT2D eigenvalue weighted by Crippen LogP contribution is 2.12. The molecular weight excluding hydrogens is 226 g/mol. The molecule has 0 spiro atoms. The lowest BCUT2D eigenvalue weighted by Gasteiger charge is -2.13. The number of unbranched alkanes of at least 4 members (excludes halogenated alkanes) is 1. The van der Waals surface area contributed by atoms with Gasteiger partial charge in [-0.15, -0.1) is 6.58 Å². The van der Waals surface area contributed by atoms with E-state index in [-0.39, 0.29) is 0 Å². The van der Waals surface area contributed by atoms with Gasteiger partial charge in [0.15, 0.2) is 0 Å². The van der Waals surface area contributed by atoms with Crippen molar-refractivity contribution < 1.29 is 4.42 Å². The van der Waals surface area contributed by atoms with Crippen molar-refractivity contribution in [3.05, 3.63) is 24.6 Å². The highest BCUT2D eigenvalue weighted by atomic mass is 16.4. The van der Waals surface area contributed by atoms with Gasteiger partial charge in [-0.1, -0.05) is 19.9 Å². The molecule has 4 nitrogen and oxygen atoms in total. The third-order valence-corrected chi connectivity index (χ3v) is 2.63. The summed E-state index contributed by atoms with van der Waals surface area (Å²) in [7, 11) is 2.00. The summed E-state index contributed by atoms with van der Waals surface area (Å²) < 4.78 is 5.46. The molecule has 1 aromatic rings. The Labute approximate surface area is 110 Å². The van der Waals surface area contributed by atoms with Crippen molar-refractivity contribution in [1.82, 2.24) is 10.3 Å². The first kappa shape index (κ1) is 14.8. The Morgan fingerprint density at radius 1 is 1.56 bits per heavy atom. The van der Waals surface area contributed by atoms with Crippen molar-refractivity contribution in [1.29, 1.82) is 0 Å². The molecule has 0 amide bonds. The Morgan fingerprint density at radius 3 is 3.00 bits per heavy atom. The topological polar surface area (TPSA) is 41.3 Å². The third-order valence-electron chi connectivity index (χ3n) is 2.63. The van der Waals surface area contributed by atoms with Crippen LogP contribution in [0.25, 0.3) is 0 Å². The number of oxazole rings is 1. The van der Waals surface area contributed by atoms with Crippen molar-refractivity contribution in [2.45, 2.75) is 33.2 Å². The average Bonchev–Trinajstić information content (AvgIpc) is 2.77. The Bertz CT molecular complexity index is 347. The number of nitrogens with one attached hydrogen (secondary N) is 1. The van der Waals surface area contributed by atoms with Crippen molar-refractivity contribution in [2.24, 2.45) is 5.92 Å². The van der Waals surface area contributed by atoms with Gasteiger partial charge in [0.25, 0.3) is 6.01 Å². The normalized spacial score (nSPS) is 10.9. The fraction of sp³-hybridized carbons (Fsp3) is 0.643. The van der Waals surface area contributed by atoms with Crippen LogP contribution in [-0.2, 0) is 6.54 Å². The van der Waals surface area contributed by atoms with E-state index in [9.17, 15) is 0 Å². The van der Waals surface area contributed by atoms with E-state index in [1.54, 1.807) is 6.26 Å². The van der Waals surface area contributed by atoms with Gasteiger partial charge in [-0.2, -0.15) is 4.98 Å². The smallest absolute Gasteiger partial charge is 0.297 e. The lowest BCUT2D eigenvalue weighted by atomic mass is 10.2. The molecule has 0 aliphatic carbocycles. The monoisotopic (exact) mass is 251 g/mol. The van der Waals surface area contributed by atoms with Crippen LogP contribution in [0.2, 0.25) is 0 Å². The van der Waals surface area contributed by atoms with E-state index < -0.39 is 0 Å². The van der Waals surface area contributed by atoms with Gasteiger partial charge in [0.05, 0.1) is 5.69 Å². The molecule has 4 heteroatoms. The number of rotatable bonds is 9. The lowest BCUT2D eigenvalue weighted by molar-refractivity contribution is 0.534. The van der Waals surface area contributed by atoms with Crippen molar-refractivity contribution in [3.8, 4) is 0 Å². The molecule has 0 saturated carbocycles. The SMILES string of the molecule is C=CCCCN(C)c1nc(CNCC(C)C)co1. The Morgan fingerprint density at radius 2 is 2.33 bits per heavy atom. The largest absolute Gasteiger partial charge is 0.432 e. The van der Waals surface area contributed by atoms with E-state index in [1.807, 2.05) is 18.0 Å². The molecule has 0 fully saturated rings. The molecule has 0 aromatic carbocycles. The maximum Gasteiger partial charge on any atom is 0.297 e. The molecule has 18 heavy (non-hydrogen) atoms. The minimum atomic E-state index is 0.651. The van der Waals surface area contributed by atoms with E-state index >= 15 is 0 Å². The highest BCUT2D eigenvalue weighted by molar-refractivity contribution is 5.24. The Hall–Kier alpha value is -1.29. The molecule has 1 rings (SSSR count). The molecule has 102 valence electrons. The molecule has 0 atom stereocenters. The Balaban J connectivity index is 2.34. The van der Waals surface area contributed by atoms with Crippen LogP contribution in [0.4, 0.5) is 6.01 Å². The quantitative estimate of drug-likeness (QED) is 0.541. The molecule has 0 aliphatic rings. The number of hydrogen-bond donors (Lipinski definition) is 1. The number of hydrogen-bond acceptors (Lipinski definition) is 4. The van der Waals surface area contributed by atoms with Crippen LogP contribution in [0.1, 0.15) is 32.4 Å². The van der Waals surface area contributed by atoms with Gasteiger partial charge < -0.3 is 14.6 Å². The minimum absolute atomic E-state index is 0.651. The summed E-state index contributed by atoms with van der Waals surface area (Å²) in [5.41, 5.74) is 0.959. The van der Waals surface area contributed by atoms with E-state index in [4.69, 9.17) is 4.42 Å². The standard InChI is InChI=1S/C14H25N3O/c1-5-6-7-8-17(4)14-16-13(11-18-14)10-15-9-12(2)3/h5,11-12,15H,1,6-10H2,2-4H3. The fourth-order valence-corrected chi connectivity index (χ4v) is 1.61. The van der Waals surface area contributed by atoms with Crippen LogP contribution in [-0.4, -0.2) is 25.1 Å². The predicted octanol–water partition coefficient (Wildman–Crippen LogP) is 2.82. The molecule has 1 N–H and O–H groups in total. The molecular formula is C14H25N3O. The summed E-state index contributed by atoms with van der Waals surface area (Å²) in [5, 5.41) is 3.35. The zero-order valence-corrected chi connectivity index (χ0v) is 11.8. The molecule has 0 unspecified atom stereocenters. The first-order valence-electron chi connectivity index (χ1n) is 6.60. The van der Waals surface area contributed by atoms with Gasteiger partial charge in [-0.05, 0) is 25.3 Å². The molecule has 0 aliphatic heterocycles. The zero-order chi connectivity index (χ0) is 13.4. The maximum atomic E-state index is 5.46. The molecule has 0 saturated heterocycles. The lowest BCUT2D eigenvalue weighted by Crippen LogP contribution is -2.20. The van der Waals surface area contributed by atoms with Gasteiger partial charge in [-0.3, -0.25) is 0 Å². The van der Waals surface area contributed by atoms with E-state index in [1.165, 1.54) is 0 Å². The summed E-state index contributed by atoms with van der Waals surface area (Å²) in [6.45, 7) is 10.8. The zero-order valence-electron chi connectivity index (χ0n) is 11.8. The number of allylic oxidation sites excluding steroid dienone is 1. The highest BCUT2D eigenvalue weighted by Gasteiger charge is 2.08. The average molecular weight is 251 g/mol. The number of nitrogens with zero attached hydrogens (tertiary/aromatic N) is 2. The second-order valence-corrected chi connectivity index (χ2v) is 5.00. The first-order chi connectivity index (χ1) is 8.63. The van der Waals surface area contributed by atoms with Gasteiger partial charge in [0, 0.05) is 20.1 Å². The summed E-state index contributed by atoms with van der Waals surface area (Å²) in [4.78, 5) is 6.49. The van der Waals surface area contributed by atoms with Crippen LogP contribution in [0, 0.1) is 5.92 Å². The fourth-order valence-electron chi connectivity index (χ4n) is 1.61. The van der Waals surface area contributed by atoms with Gasteiger partial charge in [0.1, 0.15) is 6.26 Å². The van der Waals surface area contributed by atoms with Crippen LogP contribution in [0.5, 0.6) is 0 Å². The summed E-state index contributed by atoms with van der Waals surface area (Å²) in [5.74, 6) is 0.651. The van der Waals surface area contributed by atoms with Crippen molar-refractivity contribution in [2.75, 3.05) is 25.0 Å².